The van der Waals surface area contributed by atoms with Crippen molar-refractivity contribution < 1.29 is 28.7 Å². The fourth-order valence-corrected chi connectivity index (χ4v) is 4.24. The highest BCUT2D eigenvalue weighted by Crippen LogP contribution is 2.39. The van der Waals surface area contributed by atoms with E-state index < -0.39 is 17.5 Å². The molecule has 1 aliphatic carbocycles. The zero-order valence-electron chi connectivity index (χ0n) is 18.1. The summed E-state index contributed by atoms with van der Waals surface area (Å²) in [4.78, 5) is 20.4. The van der Waals surface area contributed by atoms with E-state index >= 15 is 0 Å². The van der Waals surface area contributed by atoms with Crippen LogP contribution in [0.1, 0.15) is 30.7 Å². The Hall–Kier alpha value is -4.19. The maximum Gasteiger partial charge on any atom is 0.600 e. The quantitative estimate of drug-likeness (QED) is 0.374. The van der Waals surface area contributed by atoms with Gasteiger partial charge in [-0.3, -0.25) is 0 Å². The molecule has 12 heteroatoms. The van der Waals surface area contributed by atoms with Crippen molar-refractivity contribution in [2.45, 2.75) is 31.4 Å². The zero-order chi connectivity index (χ0) is 24.0. The Kier molecular flexibility index (Phi) is 5.09. The molecule has 34 heavy (non-hydrogen) atoms. The first kappa shape index (κ1) is 21.6. The summed E-state index contributed by atoms with van der Waals surface area (Å²) >= 11 is 0. The molecule has 0 radical (unpaired) electrons. The van der Waals surface area contributed by atoms with Crippen molar-refractivity contribution >= 4 is 22.9 Å². The third-order valence-electron chi connectivity index (χ3n) is 6.02. The molecular weight excluding hydrogens is 445 g/mol. The van der Waals surface area contributed by atoms with E-state index in [1.165, 1.54) is 23.9 Å². The normalized spacial score (nSPS) is 14.7. The smallest absolute Gasteiger partial charge is 0.491 e. The standard InChI is InChI=1S/C22H20FN7O4/c1-34-19-14(23)7-6-13-17(25-20(24)26-18(13)19)15-11-29(28-27-15)10-12-4-2-5-16(30(12)21(31)32)22(33)8-3-9-22/h2,4-7,11,33H,3,8-10H2,1H3,(H2-,24,25,26,31,32)/p+1. The van der Waals surface area contributed by atoms with E-state index in [4.69, 9.17) is 10.5 Å². The molecule has 0 amide bonds. The minimum atomic E-state index is -1.20. The Labute approximate surface area is 192 Å². The van der Waals surface area contributed by atoms with E-state index in [0.717, 1.165) is 11.0 Å². The summed E-state index contributed by atoms with van der Waals surface area (Å²) in [5, 5.41) is 29.3. The topological polar surface area (TPSA) is 153 Å². The Morgan fingerprint density at radius 3 is 2.76 bits per heavy atom. The van der Waals surface area contributed by atoms with Crippen LogP contribution in [0.15, 0.2) is 36.5 Å². The first-order valence-electron chi connectivity index (χ1n) is 10.5. The lowest BCUT2D eigenvalue weighted by Gasteiger charge is -2.33. The number of aromatic nitrogens is 6. The average Bonchev–Trinajstić information content (AvgIpc) is 3.24. The number of pyridine rings is 1. The number of hydrogen-bond acceptors (Lipinski definition) is 8. The molecule has 11 nitrogen and oxygen atoms in total. The van der Waals surface area contributed by atoms with Gasteiger partial charge >= 0.3 is 6.09 Å². The second-order valence-corrected chi connectivity index (χ2v) is 8.11. The molecular formula is C22H21FN7O4+. The van der Waals surface area contributed by atoms with Gasteiger partial charge in [0.05, 0.1) is 13.3 Å². The van der Waals surface area contributed by atoms with Crippen LogP contribution in [0, 0.1) is 5.82 Å². The largest absolute Gasteiger partial charge is 0.600 e. The van der Waals surface area contributed by atoms with Crippen LogP contribution in [-0.2, 0) is 12.1 Å². The minimum Gasteiger partial charge on any atom is -0.491 e. The van der Waals surface area contributed by atoms with Gasteiger partial charge in [-0.2, -0.15) is 4.79 Å². The molecule has 4 aromatic rings. The van der Waals surface area contributed by atoms with E-state index in [-0.39, 0.29) is 23.8 Å². The molecule has 0 atom stereocenters. The van der Waals surface area contributed by atoms with Crippen molar-refractivity contribution in [3.05, 3.63) is 53.7 Å². The lowest BCUT2D eigenvalue weighted by Crippen LogP contribution is -2.55. The van der Waals surface area contributed by atoms with E-state index in [2.05, 4.69) is 20.3 Å². The highest BCUT2D eigenvalue weighted by molar-refractivity contribution is 5.95. The lowest BCUT2D eigenvalue weighted by molar-refractivity contribution is -0.612. The third-order valence-corrected chi connectivity index (χ3v) is 6.02. The van der Waals surface area contributed by atoms with Crippen LogP contribution in [0.25, 0.3) is 22.3 Å². The molecule has 1 aliphatic rings. The number of carboxylic acid groups (broad SMARTS) is 1. The Morgan fingerprint density at radius 1 is 1.29 bits per heavy atom. The number of carbonyl (C=O) groups is 1. The second-order valence-electron chi connectivity index (χ2n) is 8.11. The van der Waals surface area contributed by atoms with Crippen LogP contribution >= 0.6 is 0 Å². The van der Waals surface area contributed by atoms with Crippen molar-refractivity contribution in [1.29, 1.82) is 0 Å². The molecule has 5 rings (SSSR count). The number of ether oxygens (including phenoxy) is 1. The highest BCUT2D eigenvalue weighted by Gasteiger charge is 2.46. The van der Waals surface area contributed by atoms with Gasteiger partial charge in [-0.15, -0.1) is 5.10 Å². The number of halogens is 1. The second kappa shape index (κ2) is 7.99. The molecule has 0 spiro atoms. The fraction of sp³-hybridized carbons (Fsp3) is 0.273. The molecule has 1 aromatic carbocycles. The number of nitrogens with two attached hydrogens (primary N) is 1. The predicted molar refractivity (Wildman–Crippen MR) is 116 cm³/mol. The summed E-state index contributed by atoms with van der Waals surface area (Å²) < 4.78 is 21.8. The maximum absolute atomic E-state index is 14.2. The molecule has 0 aliphatic heterocycles. The number of methoxy groups -OCH3 is 1. The Bertz CT molecular complexity index is 1430. The van der Waals surface area contributed by atoms with Crippen LogP contribution < -0.4 is 15.0 Å². The first-order valence-corrected chi connectivity index (χ1v) is 10.5. The summed E-state index contributed by atoms with van der Waals surface area (Å²) in [6, 6.07) is 7.71. The minimum absolute atomic E-state index is 0.0616. The van der Waals surface area contributed by atoms with Gasteiger partial charge in [-0.1, -0.05) is 9.78 Å². The van der Waals surface area contributed by atoms with Gasteiger partial charge in [-0.05, 0) is 37.5 Å². The summed E-state index contributed by atoms with van der Waals surface area (Å²) in [5.74, 6) is -0.742. The van der Waals surface area contributed by atoms with Gasteiger partial charge < -0.3 is 20.7 Å². The van der Waals surface area contributed by atoms with Gasteiger partial charge in [0.1, 0.15) is 29.1 Å². The van der Waals surface area contributed by atoms with Gasteiger partial charge in [-0.25, -0.2) is 19.0 Å². The highest BCUT2D eigenvalue weighted by atomic mass is 19.1. The average molecular weight is 466 g/mol. The van der Waals surface area contributed by atoms with Crippen molar-refractivity contribution in [2.75, 3.05) is 12.8 Å². The summed E-state index contributed by atoms with van der Waals surface area (Å²) in [6.07, 6.45) is 2.22. The number of nitrogens with zero attached hydrogens (tertiary/aromatic N) is 6. The van der Waals surface area contributed by atoms with Crippen LogP contribution in [0.3, 0.4) is 0 Å². The summed E-state index contributed by atoms with van der Waals surface area (Å²) in [6.45, 7) is 0.0691. The lowest BCUT2D eigenvalue weighted by atomic mass is 9.77. The number of hydrogen-bond donors (Lipinski definition) is 3. The molecule has 3 aromatic heterocycles. The molecule has 1 saturated carbocycles. The molecule has 0 bridgehead atoms. The van der Waals surface area contributed by atoms with Gasteiger partial charge in [0, 0.05) is 17.5 Å². The van der Waals surface area contributed by atoms with E-state index in [0.29, 0.717) is 41.0 Å². The zero-order valence-corrected chi connectivity index (χ0v) is 18.1. The Morgan fingerprint density at radius 2 is 2.09 bits per heavy atom. The van der Waals surface area contributed by atoms with Gasteiger partial charge in [0.25, 0.3) is 0 Å². The maximum atomic E-state index is 14.2. The van der Waals surface area contributed by atoms with Crippen molar-refractivity contribution in [1.82, 2.24) is 25.0 Å². The molecule has 174 valence electrons. The number of rotatable bonds is 5. The van der Waals surface area contributed by atoms with E-state index in [1.54, 1.807) is 24.4 Å². The van der Waals surface area contributed by atoms with E-state index in [9.17, 15) is 19.4 Å². The SMILES string of the molecule is COc1c(F)ccc2c(-c3cn(Cc4cccc(C5(O)CCC5)[n+]4C(=O)O)nn3)nc(N)nc12. The van der Waals surface area contributed by atoms with Crippen molar-refractivity contribution in [3.63, 3.8) is 0 Å². The van der Waals surface area contributed by atoms with Gasteiger partial charge in [0.15, 0.2) is 11.6 Å². The molecule has 4 N–H and O–H groups in total. The van der Waals surface area contributed by atoms with E-state index in [1.807, 2.05) is 0 Å². The number of nitrogen functional groups attached to an aromatic ring is 1. The van der Waals surface area contributed by atoms with Crippen LogP contribution in [-0.4, -0.2) is 48.4 Å². The van der Waals surface area contributed by atoms with Crippen molar-refractivity contribution in [3.8, 4) is 17.1 Å². The number of aliphatic hydroxyl groups is 1. The number of anilines is 1. The third kappa shape index (κ3) is 3.48. The van der Waals surface area contributed by atoms with Crippen LogP contribution in [0.4, 0.5) is 15.1 Å². The summed E-state index contributed by atoms with van der Waals surface area (Å²) in [7, 11) is 1.33. The molecule has 0 saturated heterocycles. The van der Waals surface area contributed by atoms with Crippen LogP contribution in [0.2, 0.25) is 0 Å². The van der Waals surface area contributed by atoms with Crippen LogP contribution in [0.5, 0.6) is 5.75 Å². The number of fused-ring (bicyclic) bond motifs is 1. The summed E-state index contributed by atoms with van der Waals surface area (Å²) in [5.41, 5.74) is 6.28. The van der Waals surface area contributed by atoms with Crippen molar-refractivity contribution in [2.24, 2.45) is 0 Å². The molecule has 0 unspecified atom stereocenters. The molecule has 3 heterocycles. The Balaban J connectivity index is 1.55. The first-order chi connectivity index (χ1) is 16.3. The monoisotopic (exact) mass is 466 g/mol. The predicted octanol–water partition coefficient (Wildman–Crippen LogP) is 1.85. The molecule has 1 fully saturated rings. The number of benzene rings is 1. The fourth-order valence-electron chi connectivity index (χ4n) is 4.24. The van der Waals surface area contributed by atoms with Gasteiger partial charge in [0.2, 0.25) is 17.3 Å².